The highest BCUT2D eigenvalue weighted by Gasteiger charge is 2.41. The van der Waals surface area contributed by atoms with Crippen molar-refractivity contribution in [2.75, 3.05) is 38.8 Å². The molecule has 1 aliphatic heterocycles. The van der Waals surface area contributed by atoms with Gasteiger partial charge >= 0.3 is 0 Å². The molecular formula is C22H30N6O3. The number of rotatable bonds is 5. The monoisotopic (exact) mass is 426 g/mol. The van der Waals surface area contributed by atoms with E-state index in [0.717, 1.165) is 22.5 Å². The molecule has 0 bridgehead atoms. The summed E-state index contributed by atoms with van der Waals surface area (Å²) in [4.78, 5) is 31.1. The zero-order valence-corrected chi connectivity index (χ0v) is 18.5. The highest BCUT2D eigenvalue weighted by molar-refractivity contribution is 5.88. The molecule has 1 amide bonds. The van der Waals surface area contributed by atoms with E-state index >= 15 is 0 Å². The normalized spacial score (nSPS) is 15.2. The largest absolute Gasteiger partial charge is 0.497 e. The third-order valence-electron chi connectivity index (χ3n) is 5.65. The first-order valence-corrected chi connectivity index (χ1v) is 10.5. The highest BCUT2D eigenvalue weighted by Crippen LogP contribution is 2.34. The lowest BCUT2D eigenvalue weighted by Crippen LogP contribution is -2.50. The number of carbonyl (C=O) groups excluding carboxylic acids is 1. The molecule has 9 heteroatoms. The van der Waals surface area contributed by atoms with Crippen LogP contribution >= 0.6 is 0 Å². The third-order valence-corrected chi connectivity index (χ3v) is 5.65. The molecule has 4 rings (SSSR count). The van der Waals surface area contributed by atoms with Gasteiger partial charge in [0.15, 0.2) is 5.65 Å². The van der Waals surface area contributed by atoms with E-state index in [-0.39, 0.29) is 12.5 Å². The third kappa shape index (κ3) is 4.32. The first-order valence-electron chi connectivity index (χ1n) is 10.5. The van der Waals surface area contributed by atoms with Gasteiger partial charge in [0.1, 0.15) is 17.0 Å². The van der Waals surface area contributed by atoms with Crippen LogP contribution in [0.25, 0.3) is 22.4 Å². The van der Waals surface area contributed by atoms with Crippen molar-refractivity contribution < 1.29 is 14.6 Å². The van der Waals surface area contributed by atoms with E-state index < -0.39 is 5.41 Å². The van der Waals surface area contributed by atoms with E-state index in [1.54, 1.807) is 20.5 Å². The molecule has 3 heterocycles. The molecule has 0 atom stereocenters. The number of carbonyl (C=O) groups is 1. The quantitative estimate of drug-likeness (QED) is 0.573. The number of hydrogen-bond acceptors (Lipinski definition) is 7. The van der Waals surface area contributed by atoms with E-state index in [4.69, 9.17) is 9.72 Å². The van der Waals surface area contributed by atoms with E-state index in [0.29, 0.717) is 37.5 Å². The molecule has 1 fully saturated rings. The Labute approximate surface area is 181 Å². The van der Waals surface area contributed by atoms with Crippen molar-refractivity contribution in [1.82, 2.24) is 25.3 Å². The summed E-state index contributed by atoms with van der Waals surface area (Å²) in [5.41, 5.74) is 2.30. The Morgan fingerprint density at radius 2 is 1.90 bits per heavy atom. The van der Waals surface area contributed by atoms with Gasteiger partial charge < -0.3 is 25.0 Å². The van der Waals surface area contributed by atoms with E-state index in [2.05, 4.69) is 20.3 Å². The first kappa shape index (κ1) is 22.5. The summed E-state index contributed by atoms with van der Waals surface area (Å²) < 4.78 is 5.24. The maximum atomic E-state index is 12.2. The fourth-order valence-corrected chi connectivity index (χ4v) is 3.78. The lowest BCUT2D eigenvalue weighted by atomic mass is 9.78. The van der Waals surface area contributed by atoms with Gasteiger partial charge in [-0.15, -0.1) is 0 Å². The predicted molar refractivity (Wildman–Crippen MR) is 120 cm³/mol. The number of ether oxygens (including phenoxy) is 1. The van der Waals surface area contributed by atoms with Gasteiger partial charge in [-0.1, -0.05) is 13.8 Å². The molecule has 3 aromatic rings. The van der Waals surface area contributed by atoms with Crippen LogP contribution in [-0.2, 0) is 4.79 Å². The second kappa shape index (κ2) is 9.74. The minimum atomic E-state index is -0.750. The Kier molecular flexibility index (Phi) is 7.06. The van der Waals surface area contributed by atoms with Crippen molar-refractivity contribution in [3.63, 3.8) is 0 Å². The van der Waals surface area contributed by atoms with Crippen molar-refractivity contribution in [2.24, 2.45) is 5.41 Å². The van der Waals surface area contributed by atoms with Crippen LogP contribution in [-0.4, -0.2) is 64.8 Å². The lowest BCUT2D eigenvalue weighted by molar-refractivity contribution is -0.134. The van der Waals surface area contributed by atoms with Gasteiger partial charge in [-0.25, -0.2) is 9.97 Å². The SMILES string of the molecule is CC.CNC(=O)C1(CO)CCN(c2nc(-c3ccc(OC)cc3)c3[nH]cnc3n2)CC1. The average Bonchev–Trinajstić information content (AvgIpc) is 3.33. The number of amides is 1. The fraction of sp³-hybridized carbons (Fsp3) is 0.455. The van der Waals surface area contributed by atoms with Crippen LogP contribution in [0.1, 0.15) is 26.7 Å². The van der Waals surface area contributed by atoms with Crippen molar-refractivity contribution in [3.8, 4) is 17.0 Å². The minimum absolute atomic E-state index is 0.123. The predicted octanol–water partition coefficient (Wildman–Crippen LogP) is 2.38. The molecule has 1 aliphatic rings. The van der Waals surface area contributed by atoms with Gasteiger partial charge in [0.05, 0.1) is 25.5 Å². The summed E-state index contributed by atoms with van der Waals surface area (Å²) in [6.07, 6.45) is 2.67. The topological polar surface area (TPSA) is 116 Å². The van der Waals surface area contributed by atoms with Crippen LogP contribution < -0.4 is 15.0 Å². The highest BCUT2D eigenvalue weighted by atomic mass is 16.5. The minimum Gasteiger partial charge on any atom is -0.497 e. The number of nitrogens with one attached hydrogen (secondary N) is 2. The van der Waals surface area contributed by atoms with E-state index in [1.165, 1.54) is 0 Å². The Hall–Kier alpha value is -3.20. The van der Waals surface area contributed by atoms with Crippen LogP contribution in [0.4, 0.5) is 5.95 Å². The average molecular weight is 427 g/mol. The number of imidazole rings is 1. The smallest absolute Gasteiger partial charge is 0.228 e. The molecule has 0 aliphatic carbocycles. The zero-order valence-electron chi connectivity index (χ0n) is 18.5. The van der Waals surface area contributed by atoms with E-state index in [1.807, 2.05) is 43.0 Å². The zero-order chi connectivity index (χ0) is 22.4. The second-order valence-corrected chi connectivity index (χ2v) is 7.21. The summed E-state index contributed by atoms with van der Waals surface area (Å²) >= 11 is 0. The number of H-pyrrole nitrogens is 1. The molecule has 3 N–H and O–H groups in total. The Bertz CT molecular complexity index is 1010. The van der Waals surface area contributed by atoms with Crippen LogP contribution in [0.3, 0.4) is 0 Å². The molecule has 0 unspecified atom stereocenters. The summed E-state index contributed by atoms with van der Waals surface area (Å²) in [6.45, 7) is 4.98. The molecule has 166 valence electrons. The Morgan fingerprint density at radius 1 is 1.23 bits per heavy atom. The van der Waals surface area contributed by atoms with Crippen molar-refractivity contribution in [3.05, 3.63) is 30.6 Å². The molecular weight excluding hydrogens is 396 g/mol. The summed E-state index contributed by atoms with van der Waals surface area (Å²) in [6, 6.07) is 7.67. The van der Waals surface area contributed by atoms with Gasteiger partial charge in [-0.2, -0.15) is 4.98 Å². The van der Waals surface area contributed by atoms with Crippen LogP contribution in [0, 0.1) is 5.41 Å². The Balaban J connectivity index is 0.00000132. The van der Waals surface area contributed by atoms with Gasteiger partial charge in [0, 0.05) is 25.7 Å². The van der Waals surface area contributed by atoms with Crippen molar-refractivity contribution >= 4 is 23.0 Å². The number of anilines is 1. The second-order valence-electron chi connectivity index (χ2n) is 7.21. The number of aliphatic hydroxyl groups excluding tert-OH is 1. The molecule has 31 heavy (non-hydrogen) atoms. The number of benzene rings is 1. The number of methoxy groups -OCH3 is 1. The van der Waals surface area contributed by atoms with Crippen molar-refractivity contribution in [1.29, 1.82) is 0 Å². The van der Waals surface area contributed by atoms with Crippen LogP contribution in [0.5, 0.6) is 5.75 Å². The van der Waals surface area contributed by atoms with Crippen LogP contribution in [0.2, 0.25) is 0 Å². The van der Waals surface area contributed by atoms with Crippen molar-refractivity contribution in [2.45, 2.75) is 26.7 Å². The summed E-state index contributed by atoms with van der Waals surface area (Å²) in [7, 11) is 3.23. The molecule has 9 nitrogen and oxygen atoms in total. The Morgan fingerprint density at radius 3 is 2.48 bits per heavy atom. The molecule has 0 radical (unpaired) electrons. The number of nitrogens with zero attached hydrogens (tertiary/aromatic N) is 4. The fourth-order valence-electron chi connectivity index (χ4n) is 3.78. The van der Waals surface area contributed by atoms with Gasteiger partial charge in [-0.3, -0.25) is 4.79 Å². The molecule has 0 saturated carbocycles. The van der Waals surface area contributed by atoms with Crippen LogP contribution in [0.15, 0.2) is 30.6 Å². The standard InChI is InChI=1S/C20H24N6O3.C2H6/c1-21-18(28)20(11-27)7-9-26(10-8-20)19-24-15(16-17(25-19)23-12-22-16)13-3-5-14(29-2)6-4-13;1-2/h3-6,12,27H,7-11H2,1-2H3,(H,21,28)(H,22,23,24,25);1-2H3. The number of hydrogen-bond donors (Lipinski definition) is 3. The number of piperidine rings is 1. The summed E-state index contributed by atoms with van der Waals surface area (Å²) in [5, 5.41) is 12.5. The molecule has 2 aromatic heterocycles. The maximum Gasteiger partial charge on any atom is 0.228 e. The van der Waals surface area contributed by atoms with Gasteiger partial charge in [0.25, 0.3) is 0 Å². The number of aliphatic hydroxyl groups is 1. The lowest BCUT2D eigenvalue weighted by Gasteiger charge is -2.39. The van der Waals surface area contributed by atoms with Gasteiger partial charge in [0.2, 0.25) is 11.9 Å². The maximum absolute atomic E-state index is 12.2. The first-order chi connectivity index (χ1) is 15.1. The number of aromatic amines is 1. The van der Waals surface area contributed by atoms with E-state index in [9.17, 15) is 9.90 Å². The number of fused-ring (bicyclic) bond motifs is 1. The van der Waals surface area contributed by atoms with Gasteiger partial charge in [-0.05, 0) is 37.1 Å². The summed E-state index contributed by atoms with van der Waals surface area (Å²) in [5.74, 6) is 1.22. The molecule has 1 saturated heterocycles. The molecule has 1 aromatic carbocycles. The number of aromatic nitrogens is 4. The molecule has 0 spiro atoms.